The summed E-state index contributed by atoms with van der Waals surface area (Å²) in [6, 6.07) is 24.9. The third-order valence-corrected chi connectivity index (χ3v) is 10.2. The molecular weight excluding hydrogens is 740 g/mol. The number of hydrogen-bond donors (Lipinski definition) is 0. The zero-order chi connectivity index (χ0) is 43.9. The van der Waals surface area contributed by atoms with Crippen LogP contribution >= 0.6 is 0 Å². The molecule has 10 heteroatoms. The highest BCUT2D eigenvalue weighted by molar-refractivity contribution is 5.27. The fourth-order valence-corrected chi connectivity index (χ4v) is 6.25. The van der Waals surface area contributed by atoms with E-state index in [-0.39, 0.29) is 38.7 Å². The summed E-state index contributed by atoms with van der Waals surface area (Å²) in [6.45, 7) is 20.2. The van der Waals surface area contributed by atoms with Crippen LogP contribution in [0.2, 0.25) is 0 Å². The Hall–Kier alpha value is -5.77. The van der Waals surface area contributed by atoms with Crippen LogP contribution in [0, 0.1) is 12.7 Å². The van der Waals surface area contributed by atoms with Crippen molar-refractivity contribution in [3.63, 3.8) is 0 Å². The highest BCUT2D eigenvalue weighted by Crippen LogP contribution is 2.20. The number of benzene rings is 3. The largest absolute Gasteiger partial charge is 0.299 e. The molecule has 312 valence electrons. The van der Waals surface area contributed by atoms with Gasteiger partial charge in [-0.3, -0.25) is 28.1 Å². The van der Waals surface area contributed by atoms with E-state index < -0.39 is 0 Å². The van der Waals surface area contributed by atoms with E-state index in [0.29, 0.717) is 36.2 Å². The maximum atomic E-state index is 13.7. The van der Waals surface area contributed by atoms with E-state index in [9.17, 15) is 18.8 Å². The molecule has 0 spiro atoms. The van der Waals surface area contributed by atoms with Gasteiger partial charge in [-0.05, 0) is 45.9 Å². The van der Waals surface area contributed by atoms with Crippen LogP contribution in [0.1, 0.15) is 119 Å². The van der Waals surface area contributed by atoms with Gasteiger partial charge >= 0.3 is 0 Å². The standard InChI is InChI=1S/C17H22N2O.C16H19FN2O.C16H20N2O/c1-12-6-8-13(9-7-12)10-15-18-11-14(17(2,3)4)16(20)19(15)5;1-16(2,3)12-10-18-14(19(4)15(12)20)9-11-7-5-6-8-13(11)17;1-16(2,3)13-11-17-14(18(4)15(13)19)10-12-8-6-5-7-9-12/h6-9,11H,10H2,1-5H3;5-8,10H,9H2,1-4H3;5-9,11H,10H2,1-4H3. The van der Waals surface area contributed by atoms with Gasteiger partial charge in [0.1, 0.15) is 23.3 Å². The minimum absolute atomic E-state index is 0.0495. The topological polar surface area (TPSA) is 105 Å². The maximum Gasteiger partial charge on any atom is 0.256 e. The third-order valence-electron chi connectivity index (χ3n) is 10.2. The second kappa shape index (κ2) is 18.9. The highest BCUT2D eigenvalue weighted by Gasteiger charge is 2.22. The van der Waals surface area contributed by atoms with Crippen LogP contribution in [0.4, 0.5) is 4.39 Å². The quantitative estimate of drug-likeness (QED) is 0.168. The van der Waals surface area contributed by atoms with E-state index in [4.69, 9.17) is 0 Å². The van der Waals surface area contributed by atoms with Crippen LogP contribution in [0.5, 0.6) is 0 Å². The van der Waals surface area contributed by atoms with E-state index in [1.165, 1.54) is 21.8 Å². The number of rotatable bonds is 6. The summed E-state index contributed by atoms with van der Waals surface area (Å²) >= 11 is 0. The predicted octanol–water partition coefficient (Wildman–Crippen LogP) is 8.45. The Labute approximate surface area is 348 Å². The van der Waals surface area contributed by atoms with Gasteiger partial charge in [-0.15, -0.1) is 0 Å². The molecule has 0 bridgehead atoms. The summed E-state index contributed by atoms with van der Waals surface area (Å²) in [4.78, 5) is 50.4. The highest BCUT2D eigenvalue weighted by atomic mass is 19.1. The van der Waals surface area contributed by atoms with Crippen molar-refractivity contribution in [3.05, 3.63) is 191 Å². The van der Waals surface area contributed by atoms with Gasteiger partial charge in [0.2, 0.25) is 0 Å². The monoisotopic (exact) mass is 800 g/mol. The van der Waals surface area contributed by atoms with Crippen molar-refractivity contribution in [3.8, 4) is 0 Å². The van der Waals surface area contributed by atoms with Crippen LogP contribution in [0.15, 0.2) is 112 Å². The van der Waals surface area contributed by atoms with Gasteiger partial charge < -0.3 is 0 Å². The second-order valence-corrected chi connectivity index (χ2v) is 18.2. The van der Waals surface area contributed by atoms with Gasteiger partial charge in [-0.2, -0.15) is 0 Å². The first-order valence-electron chi connectivity index (χ1n) is 20.0. The van der Waals surface area contributed by atoms with Gasteiger partial charge in [-0.25, -0.2) is 19.3 Å². The van der Waals surface area contributed by atoms with Crippen molar-refractivity contribution in [1.29, 1.82) is 0 Å². The molecule has 0 aliphatic carbocycles. The third kappa shape index (κ3) is 12.1. The molecule has 3 aromatic carbocycles. The zero-order valence-electron chi connectivity index (χ0n) is 37.1. The molecule has 0 aliphatic heterocycles. The molecular formula is C49H61FN6O3. The summed E-state index contributed by atoms with van der Waals surface area (Å²) in [7, 11) is 5.28. The molecule has 0 saturated carbocycles. The Morgan fingerprint density at radius 2 is 0.814 bits per heavy atom. The van der Waals surface area contributed by atoms with Crippen LogP contribution in [0.3, 0.4) is 0 Å². The average molecular weight is 801 g/mol. The van der Waals surface area contributed by atoms with E-state index in [1.54, 1.807) is 67.1 Å². The molecule has 3 aromatic heterocycles. The normalized spacial score (nSPS) is 11.6. The summed E-state index contributed by atoms with van der Waals surface area (Å²) in [6.07, 6.45) is 6.72. The molecule has 6 aromatic rings. The van der Waals surface area contributed by atoms with Crippen LogP contribution in [-0.4, -0.2) is 28.7 Å². The van der Waals surface area contributed by atoms with Crippen molar-refractivity contribution >= 4 is 0 Å². The molecule has 3 heterocycles. The summed E-state index contributed by atoms with van der Waals surface area (Å²) < 4.78 is 18.5. The zero-order valence-corrected chi connectivity index (χ0v) is 37.1. The molecule has 0 amide bonds. The molecule has 9 nitrogen and oxygen atoms in total. The average Bonchev–Trinajstić information content (AvgIpc) is 3.15. The van der Waals surface area contributed by atoms with Gasteiger partial charge in [0.15, 0.2) is 0 Å². The Morgan fingerprint density at radius 1 is 0.475 bits per heavy atom. The van der Waals surface area contributed by atoms with Crippen molar-refractivity contribution < 1.29 is 4.39 Å². The lowest BCUT2D eigenvalue weighted by Crippen LogP contribution is -2.31. The molecule has 0 aliphatic rings. The summed E-state index contributed by atoms with van der Waals surface area (Å²) in [5, 5.41) is 0. The minimum Gasteiger partial charge on any atom is -0.299 e. The summed E-state index contributed by atoms with van der Waals surface area (Å²) in [5.41, 5.74) is 5.71. The van der Waals surface area contributed by atoms with E-state index in [2.05, 4.69) is 46.1 Å². The predicted molar refractivity (Wildman–Crippen MR) is 237 cm³/mol. The Kier molecular flexibility index (Phi) is 14.7. The second-order valence-electron chi connectivity index (χ2n) is 18.2. The number of nitrogens with zero attached hydrogens (tertiary/aromatic N) is 6. The lowest BCUT2D eigenvalue weighted by atomic mass is 9.89. The minimum atomic E-state index is -0.276. The first kappa shape index (κ1) is 45.9. The van der Waals surface area contributed by atoms with Crippen molar-refractivity contribution in [2.24, 2.45) is 21.1 Å². The molecule has 0 N–H and O–H groups in total. The molecule has 0 saturated heterocycles. The van der Waals surface area contributed by atoms with Crippen LogP contribution < -0.4 is 16.7 Å². The number of aromatic nitrogens is 6. The smallest absolute Gasteiger partial charge is 0.256 e. The lowest BCUT2D eigenvalue weighted by molar-refractivity contribution is 0.559. The molecule has 0 unspecified atom stereocenters. The first-order chi connectivity index (χ1) is 27.5. The first-order valence-corrected chi connectivity index (χ1v) is 20.0. The fourth-order valence-electron chi connectivity index (χ4n) is 6.25. The Morgan fingerprint density at radius 3 is 1.19 bits per heavy atom. The van der Waals surface area contributed by atoms with E-state index in [0.717, 1.165) is 28.3 Å². The maximum absolute atomic E-state index is 13.7. The van der Waals surface area contributed by atoms with Gasteiger partial charge in [-0.1, -0.05) is 141 Å². The Balaban J connectivity index is 0.000000196. The van der Waals surface area contributed by atoms with Crippen molar-refractivity contribution in [2.45, 2.75) is 105 Å². The SMILES string of the molecule is Cc1ccc(Cc2ncc(C(C)(C)C)c(=O)n2C)cc1.Cn1c(Cc2ccccc2)ncc(C(C)(C)C)c1=O.Cn1c(Cc2ccccc2F)ncc(C(C)(C)C)c1=O. The molecule has 0 fully saturated rings. The van der Waals surface area contributed by atoms with E-state index in [1.807, 2.05) is 92.6 Å². The summed E-state index contributed by atoms with van der Waals surface area (Å²) in [5.74, 6) is 1.88. The van der Waals surface area contributed by atoms with Gasteiger partial charge in [0, 0.05) is 75.7 Å². The number of halogens is 1. The number of hydrogen-bond acceptors (Lipinski definition) is 6. The Bertz CT molecular complexity index is 2530. The van der Waals surface area contributed by atoms with Crippen LogP contribution in [0.25, 0.3) is 0 Å². The van der Waals surface area contributed by atoms with Crippen LogP contribution in [-0.2, 0) is 56.7 Å². The fraction of sp³-hybridized carbons (Fsp3) is 0.388. The molecule has 59 heavy (non-hydrogen) atoms. The van der Waals surface area contributed by atoms with Gasteiger partial charge in [0.05, 0.1) is 0 Å². The lowest BCUT2D eigenvalue weighted by Gasteiger charge is -2.19. The molecule has 0 radical (unpaired) electrons. The molecule has 0 atom stereocenters. The van der Waals surface area contributed by atoms with Crippen molar-refractivity contribution in [2.75, 3.05) is 0 Å². The van der Waals surface area contributed by atoms with E-state index >= 15 is 0 Å². The van der Waals surface area contributed by atoms with Gasteiger partial charge in [0.25, 0.3) is 16.7 Å². The van der Waals surface area contributed by atoms with Crippen molar-refractivity contribution in [1.82, 2.24) is 28.7 Å². The number of aryl methyl sites for hydroxylation is 1. The molecule has 6 rings (SSSR count).